The molecule has 6 heteroatoms. The van der Waals surface area contributed by atoms with Gasteiger partial charge in [-0.05, 0) is 19.1 Å². The average Bonchev–Trinajstić information content (AvgIpc) is 2.36. The smallest absolute Gasteiger partial charge is 0.341 e. The minimum Gasteiger partial charge on any atom is -0.482 e. The first-order valence-electron chi connectivity index (χ1n) is 5.49. The van der Waals surface area contributed by atoms with Crippen LogP contribution in [0, 0.1) is 12.3 Å². The second-order valence-electron chi connectivity index (χ2n) is 3.70. The van der Waals surface area contributed by atoms with Crippen molar-refractivity contribution >= 4 is 17.7 Å². The molecule has 1 unspecified atom stereocenters. The van der Waals surface area contributed by atoms with E-state index in [-0.39, 0.29) is 6.04 Å². The number of benzene rings is 1. The van der Waals surface area contributed by atoms with Crippen LogP contribution in [0.2, 0.25) is 0 Å². The number of carbonyl (C=O) groups excluding carboxylic acids is 1. The Hall–Kier alpha value is -2.68. The van der Waals surface area contributed by atoms with E-state index < -0.39 is 18.6 Å². The number of anilines is 1. The molecule has 19 heavy (non-hydrogen) atoms. The van der Waals surface area contributed by atoms with Crippen LogP contribution in [-0.4, -0.2) is 29.8 Å². The fraction of sp³-hybridized carbons (Fsp3) is 0.231. The van der Waals surface area contributed by atoms with Crippen molar-refractivity contribution in [2.75, 3.05) is 11.9 Å². The highest BCUT2D eigenvalue weighted by molar-refractivity contribution is 5.89. The summed E-state index contributed by atoms with van der Waals surface area (Å²) in [6.45, 7) is 1.23. The fourth-order valence-electron chi connectivity index (χ4n) is 1.21. The van der Waals surface area contributed by atoms with Crippen LogP contribution in [0.3, 0.4) is 0 Å². The predicted octanol–water partition coefficient (Wildman–Crippen LogP) is 1.29. The zero-order valence-corrected chi connectivity index (χ0v) is 10.3. The maximum absolute atomic E-state index is 11.5. The lowest BCUT2D eigenvalue weighted by Gasteiger charge is -2.10. The summed E-state index contributed by atoms with van der Waals surface area (Å²) in [7, 11) is 0. The average molecular weight is 262 g/mol. The lowest BCUT2D eigenvalue weighted by atomic mass is 10.3. The molecule has 0 saturated heterocycles. The number of ether oxygens (including phenoxy) is 1. The van der Waals surface area contributed by atoms with Crippen molar-refractivity contribution in [1.29, 1.82) is 0 Å². The molecule has 0 fully saturated rings. The van der Waals surface area contributed by atoms with Gasteiger partial charge in [-0.25, -0.2) is 9.59 Å². The number of rotatable bonds is 5. The second-order valence-corrected chi connectivity index (χ2v) is 3.70. The van der Waals surface area contributed by atoms with E-state index in [1.165, 1.54) is 6.07 Å². The van der Waals surface area contributed by atoms with Crippen molar-refractivity contribution in [3.63, 3.8) is 0 Å². The van der Waals surface area contributed by atoms with E-state index in [1.807, 2.05) is 0 Å². The molecule has 0 aliphatic carbocycles. The summed E-state index contributed by atoms with van der Waals surface area (Å²) in [5.41, 5.74) is 0.476. The number of aliphatic carboxylic acids is 1. The van der Waals surface area contributed by atoms with E-state index in [0.717, 1.165) is 0 Å². The van der Waals surface area contributed by atoms with Crippen molar-refractivity contribution in [1.82, 2.24) is 5.32 Å². The van der Waals surface area contributed by atoms with Crippen LogP contribution in [0.25, 0.3) is 0 Å². The summed E-state index contributed by atoms with van der Waals surface area (Å²) in [6, 6.07) is 5.57. The number of nitrogens with one attached hydrogen (secondary N) is 2. The standard InChI is InChI=1S/C13H14N2O4/c1-3-9(2)14-13(18)15-10-5-4-6-11(7-10)19-8-12(16)17/h1,4-7,9H,8H2,2H3,(H,16,17)(H2,14,15,18). The van der Waals surface area contributed by atoms with Gasteiger partial charge in [0.1, 0.15) is 5.75 Å². The molecule has 0 aliphatic heterocycles. The number of carboxylic acids is 1. The monoisotopic (exact) mass is 262 g/mol. The molecule has 0 radical (unpaired) electrons. The topological polar surface area (TPSA) is 87.7 Å². The molecule has 0 heterocycles. The molecule has 0 aliphatic rings. The number of urea groups is 1. The maximum Gasteiger partial charge on any atom is 0.341 e. The molecule has 1 atom stereocenters. The highest BCUT2D eigenvalue weighted by Gasteiger charge is 2.06. The van der Waals surface area contributed by atoms with E-state index in [0.29, 0.717) is 11.4 Å². The largest absolute Gasteiger partial charge is 0.482 e. The quantitative estimate of drug-likeness (QED) is 0.698. The molecule has 6 nitrogen and oxygen atoms in total. The number of amides is 2. The third kappa shape index (κ3) is 5.46. The van der Waals surface area contributed by atoms with Crippen LogP contribution in [0.5, 0.6) is 5.75 Å². The van der Waals surface area contributed by atoms with Crippen molar-refractivity contribution in [2.45, 2.75) is 13.0 Å². The third-order valence-electron chi connectivity index (χ3n) is 2.05. The van der Waals surface area contributed by atoms with E-state index in [2.05, 4.69) is 16.6 Å². The molecule has 1 aromatic carbocycles. The molecule has 0 bridgehead atoms. The SMILES string of the molecule is C#CC(C)NC(=O)Nc1cccc(OCC(=O)O)c1. The summed E-state index contributed by atoms with van der Waals surface area (Å²) in [5, 5.41) is 13.6. The molecule has 1 rings (SSSR count). The molecular weight excluding hydrogens is 248 g/mol. The van der Waals surface area contributed by atoms with Gasteiger partial charge in [0.15, 0.2) is 6.61 Å². The normalized spacial score (nSPS) is 10.9. The third-order valence-corrected chi connectivity index (χ3v) is 2.05. The maximum atomic E-state index is 11.5. The zero-order valence-electron chi connectivity index (χ0n) is 10.3. The summed E-state index contributed by atoms with van der Waals surface area (Å²) in [4.78, 5) is 21.9. The Morgan fingerprint density at radius 1 is 1.53 bits per heavy atom. The van der Waals surface area contributed by atoms with Crippen molar-refractivity contribution in [3.05, 3.63) is 24.3 Å². The van der Waals surface area contributed by atoms with Gasteiger partial charge in [-0.15, -0.1) is 6.42 Å². The number of terminal acetylenes is 1. The van der Waals surface area contributed by atoms with Crippen molar-refractivity contribution < 1.29 is 19.4 Å². The number of hydrogen-bond acceptors (Lipinski definition) is 3. The Morgan fingerprint density at radius 2 is 2.26 bits per heavy atom. The Labute approximate surface area is 110 Å². The lowest BCUT2D eigenvalue weighted by Crippen LogP contribution is -2.35. The minimum absolute atomic E-state index is 0.352. The summed E-state index contributed by atoms with van der Waals surface area (Å²) in [6.07, 6.45) is 5.14. The Balaban J connectivity index is 2.59. The molecule has 3 N–H and O–H groups in total. The van der Waals surface area contributed by atoms with Gasteiger partial charge < -0.3 is 20.5 Å². The predicted molar refractivity (Wildman–Crippen MR) is 70.0 cm³/mol. The lowest BCUT2D eigenvalue weighted by molar-refractivity contribution is -0.139. The fourth-order valence-corrected chi connectivity index (χ4v) is 1.21. The van der Waals surface area contributed by atoms with E-state index in [4.69, 9.17) is 16.3 Å². The van der Waals surface area contributed by atoms with E-state index >= 15 is 0 Å². The van der Waals surface area contributed by atoms with Gasteiger partial charge in [0.25, 0.3) is 0 Å². The van der Waals surface area contributed by atoms with Gasteiger partial charge in [-0.3, -0.25) is 0 Å². The van der Waals surface area contributed by atoms with Crippen LogP contribution < -0.4 is 15.4 Å². The number of carboxylic acid groups (broad SMARTS) is 1. The zero-order chi connectivity index (χ0) is 14.3. The summed E-state index contributed by atoms with van der Waals surface area (Å²) >= 11 is 0. The van der Waals surface area contributed by atoms with Gasteiger partial charge in [-0.1, -0.05) is 12.0 Å². The van der Waals surface area contributed by atoms with Gasteiger partial charge in [0, 0.05) is 11.8 Å². The summed E-state index contributed by atoms with van der Waals surface area (Å²) < 4.78 is 4.99. The Bertz CT molecular complexity index is 508. The molecular formula is C13H14N2O4. The molecule has 2 amide bonds. The van der Waals surface area contributed by atoms with Gasteiger partial charge in [0.05, 0.1) is 6.04 Å². The summed E-state index contributed by atoms with van der Waals surface area (Å²) in [5.74, 6) is 1.65. The van der Waals surface area contributed by atoms with E-state index in [1.54, 1.807) is 25.1 Å². The number of carbonyl (C=O) groups is 2. The van der Waals surface area contributed by atoms with Crippen molar-refractivity contribution in [3.8, 4) is 18.1 Å². The molecule has 0 saturated carbocycles. The first-order chi connectivity index (χ1) is 9.01. The van der Waals surface area contributed by atoms with Crippen molar-refractivity contribution in [2.24, 2.45) is 0 Å². The first kappa shape index (κ1) is 14.4. The van der Waals surface area contributed by atoms with Gasteiger partial charge >= 0.3 is 12.0 Å². The second kappa shape index (κ2) is 6.91. The molecule has 0 spiro atoms. The minimum atomic E-state index is -1.07. The first-order valence-corrected chi connectivity index (χ1v) is 5.49. The van der Waals surface area contributed by atoms with Crippen LogP contribution in [0.1, 0.15) is 6.92 Å². The van der Waals surface area contributed by atoms with Gasteiger partial charge in [-0.2, -0.15) is 0 Å². The Morgan fingerprint density at radius 3 is 2.89 bits per heavy atom. The van der Waals surface area contributed by atoms with E-state index in [9.17, 15) is 9.59 Å². The number of hydrogen-bond donors (Lipinski definition) is 3. The van der Waals surface area contributed by atoms with Crippen LogP contribution >= 0.6 is 0 Å². The van der Waals surface area contributed by atoms with Gasteiger partial charge in [0.2, 0.25) is 0 Å². The van der Waals surface area contributed by atoms with Crippen LogP contribution in [-0.2, 0) is 4.79 Å². The molecule has 0 aromatic heterocycles. The van der Waals surface area contributed by atoms with Crippen LogP contribution in [0.4, 0.5) is 10.5 Å². The van der Waals surface area contributed by atoms with Crippen LogP contribution in [0.15, 0.2) is 24.3 Å². The highest BCUT2D eigenvalue weighted by atomic mass is 16.5. The highest BCUT2D eigenvalue weighted by Crippen LogP contribution is 2.17. The molecule has 1 aromatic rings. The molecule has 100 valence electrons. The Kier molecular flexibility index (Phi) is 5.23.